The standard InChI is InChI=1S/C31H29N3O4S/c1-3-36-28-19-22(12-15-27(28)38-17-7-16-37-24-13-10-21(2)11-14-24)18-25-29(32)34-26(23-8-5-4-6-9-23)20-39-31(34)33-30(25)35/h4-6,8-15,18-20,32H,3,7,16-17H2,1-2H3. The van der Waals surface area contributed by atoms with Crippen LogP contribution in [0.3, 0.4) is 0 Å². The average Bonchev–Trinajstić information content (AvgIpc) is 3.37. The Morgan fingerprint density at radius 2 is 1.72 bits per heavy atom. The van der Waals surface area contributed by atoms with E-state index < -0.39 is 5.91 Å². The molecule has 0 unspecified atom stereocenters. The minimum atomic E-state index is -0.437. The van der Waals surface area contributed by atoms with E-state index in [-0.39, 0.29) is 11.4 Å². The monoisotopic (exact) mass is 539 g/mol. The lowest BCUT2D eigenvalue weighted by molar-refractivity contribution is -0.114. The van der Waals surface area contributed by atoms with E-state index in [2.05, 4.69) is 4.99 Å². The molecule has 0 bridgehead atoms. The van der Waals surface area contributed by atoms with E-state index in [0.717, 1.165) is 22.6 Å². The summed E-state index contributed by atoms with van der Waals surface area (Å²) < 4.78 is 17.6. The van der Waals surface area contributed by atoms with Gasteiger partial charge in [-0.05, 0) is 55.3 Å². The fourth-order valence-electron chi connectivity index (χ4n) is 4.15. The first-order valence-corrected chi connectivity index (χ1v) is 13.7. The van der Waals surface area contributed by atoms with Gasteiger partial charge in [-0.25, -0.2) is 0 Å². The Bertz CT molecular complexity index is 1460. The van der Waals surface area contributed by atoms with Crippen LogP contribution in [0.15, 0.2) is 88.8 Å². The summed E-state index contributed by atoms with van der Waals surface area (Å²) in [6.07, 6.45) is 2.39. The number of thioether (sulfide) groups is 1. The van der Waals surface area contributed by atoms with Gasteiger partial charge in [-0.3, -0.25) is 15.1 Å². The molecule has 5 rings (SSSR count). The van der Waals surface area contributed by atoms with Crippen LogP contribution in [0.5, 0.6) is 17.2 Å². The maximum absolute atomic E-state index is 12.9. The second-order valence-electron chi connectivity index (χ2n) is 8.93. The number of carbonyl (C=O) groups is 1. The number of rotatable bonds is 10. The van der Waals surface area contributed by atoms with Crippen molar-refractivity contribution >= 4 is 40.4 Å². The molecule has 2 aliphatic rings. The zero-order valence-electron chi connectivity index (χ0n) is 21.8. The Balaban J connectivity index is 1.27. The molecule has 3 aromatic carbocycles. The maximum atomic E-state index is 12.9. The molecule has 3 aromatic rings. The van der Waals surface area contributed by atoms with Crippen LogP contribution < -0.4 is 14.2 Å². The number of amidine groups is 2. The predicted molar refractivity (Wildman–Crippen MR) is 156 cm³/mol. The Labute approximate surface area is 232 Å². The number of fused-ring (bicyclic) bond motifs is 1. The molecule has 0 aromatic heterocycles. The van der Waals surface area contributed by atoms with Crippen molar-refractivity contribution in [1.82, 2.24) is 4.90 Å². The summed E-state index contributed by atoms with van der Waals surface area (Å²) in [5, 5.41) is 11.3. The van der Waals surface area contributed by atoms with Crippen molar-refractivity contribution in [3.63, 3.8) is 0 Å². The van der Waals surface area contributed by atoms with E-state index in [4.69, 9.17) is 19.6 Å². The van der Waals surface area contributed by atoms with Gasteiger partial charge in [0.05, 0.1) is 31.1 Å². The molecule has 0 spiro atoms. The molecule has 0 atom stereocenters. The second-order valence-corrected chi connectivity index (χ2v) is 9.77. The highest BCUT2D eigenvalue weighted by Gasteiger charge is 2.36. The molecule has 0 radical (unpaired) electrons. The molecule has 8 heteroatoms. The Hall–Kier alpha value is -4.30. The van der Waals surface area contributed by atoms with Gasteiger partial charge in [0.25, 0.3) is 5.91 Å². The van der Waals surface area contributed by atoms with Crippen LogP contribution in [0, 0.1) is 12.3 Å². The molecule has 39 heavy (non-hydrogen) atoms. The average molecular weight is 540 g/mol. The maximum Gasteiger partial charge on any atom is 0.283 e. The van der Waals surface area contributed by atoms with Gasteiger partial charge in [0, 0.05) is 11.8 Å². The van der Waals surface area contributed by atoms with Gasteiger partial charge in [0.1, 0.15) is 11.6 Å². The molecule has 0 fully saturated rings. The first kappa shape index (κ1) is 26.3. The lowest BCUT2D eigenvalue weighted by atomic mass is 10.1. The smallest absolute Gasteiger partial charge is 0.283 e. The van der Waals surface area contributed by atoms with E-state index in [1.165, 1.54) is 17.3 Å². The molecule has 2 heterocycles. The van der Waals surface area contributed by atoms with Crippen LogP contribution >= 0.6 is 11.8 Å². The van der Waals surface area contributed by atoms with Gasteiger partial charge in [0.2, 0.25) is 0 Å². The summed E-state index contributed by atoms with van der Waals surface area (Å²) in [5.74, 6) is 1.69. The zero-order chi connectivity index (χ0) is 27.2. The number of nitrogens with one attached hydrogen (secondary N) is 1. The summed E-state index contributed by atoms with van der Waals surface area (Å²) in [6.45, 7) is 5.42. The Kier molecular flexibility index (Phi) is 8.13. The highest BCUT2D eigenvalue weighted by Crippen LogP contribution is 2.37. The van der Waals surface area contributed by atoms with Gasteiger partial charge in [-0.2, -0.15) is 4.99 Å². The molecule has 2 aliphatic heterocycles. The van der Waals surface area contributed by atoms with Crippen molar-refractivity contribution in [2.24, 2.45) is 4.99 Å². The van der Waals surface area contributed by atoms with Crippen molar-refractivity contribution < 1.29 is 19.0 Å². The van der Waals surface area contributed by atoms with E-state index >= 15 is 0 Å². The van der Waals surface area contributed by atoms with Crippen molar-refractivity contribution in [2.75, 3.05) is 19.8 Å². The van der Waals surface area contributed by atoms with Gasteiger partial charge in [-0.1, -0.05) is 65.9 Å². The minimum absolute atomic E-state index is 0.0944. The first-order valence-electron chi connectivity index (χ1n) is 12.8. The zero-order valence-corrected chi connectivity index (χ0v) is 22.7. The quantitative estimate of drug-likeness (QED) is 0.232. The summed E-state index contributed by atoms with van der Waals surface area (Å²) in [6, 6.07) is 23.2. The second kappa shape index (κ2) is 12.0. The van der Waals surface area contributed by atoms with Crippen molar-refractivity contribution in [1.29, 1.82) is 5.41 Å². The summed E-state index contributed by atoms with van der Waals surface area (Å²) >= 11 is 1.35. The topological polar surface area (TPSA) is 84.2 Å². The van der Waals surface area contributed by atoms with Gasteiger partial charge in [0.15, 0.2) is 16.7 Å². The Morgan fingerprint density at radius 1 is 0.949 bits per heavy atom. The highest BCUT2D eigenvalue weighted by atomic mass is 32.2. The molecule has 1 N–H and O–H groups in total. The van der Waals surface area contributed by atoms with E-state index in [1.54, 1.807) is 11.0 Å². The third-order valence-corrected chi connectivity index (χ3v) is 6.92. The number of carbonyl (C=O) groups excluding carboxylic acids is 1. The van der Waals surface area contributed by atoms with Crippen LogP contribution in [0.1, 0.15) is 30.0 Å². The molecule has 0 saturated heterocycles. The van der Waals surface area contributed by atoms with Crippen LogP contribution in [-0.2, 0) is 4.79 Å². The number of ether oxygens (including phenoxy) is 3. The molecule has 7 nitrogen and oxygen atoms in total. The summed E-state index contributed by atoms with van der Waals surface area (Å²) in [7, 11) is 0. The fourth-order valence-corrected chi connectivity index (χ4v) is 5.04. The minimum Gasteiger partial charge on any atom is -0.493 e. The van der Waals surface area contributed by atoms with Crippen molar-refractivity contribution in [3.05, 3.63) is 100 Å². The van der Waals surface area contributed by atoms with Gasteiger partial charge in [-0.15, -0.1) is 0 Å². The molecular weight excluding hydrogens is 510 g/mol. The van der Waals surface area contributed by atoms with Crippen LogP contribution in [0.4, 0.5) is 0 Å². The number of hydrogen-bond acceptors (Lipinski definition) is 6. The van der Waals surface area contributed by atoms with Crippen LogP contribution in [0.2, 0.25) is 0 Å². The number of aliphatic imine (C=N–C) groups is 1. The molecular formula is C31H29N3O4S. The lowest BCUT2D eigenvalue weighted by Gasteiger charge is -2.27. The molecule has 0 saturated carbocycles. The van der Waals surface area contributed by atoms with Crippen LogP contribution in [-0.4, -0.2) is 41.6 Å². The van der Waals surface area contributed by atoms with E-state index in [1.807, 2.05) is 92.1 Å². The van der Waals surface area contributed by atoms with Gasteiger partial charge >= 0.3 is 0 Å². The summed E-state index contributed by atoms with van der Waals surface area (Å²) in [5.41, 5.74) is 3.91. The number of aryl methyl sites for hydroxylation is 1. The van der Waals surface area contributed by atoms with Gasteiger partial charge < -0.3 is 14.2 Å². The number of hydrogen-bond donors (Lipinski definition) is 1. The third kappa shape index (κ3) is 6.07. The predicted octanol–water partition coefficient (Wildman–Crippen LogP) is 6.55. The number of benzene rings is 3. The van der Waals surface area contributed by atoms with Crippen molar-refractivity contribution in [3.8, 4) is 17.2 Å². The van der Waals surface area contributed by atoms with E-state index in [9.17, 15) is 4.79 Å². The Morgan fingerprint density at radius 3 is 2.49 bits per heavy atom. The largest absolute Gasteiger partial charge is 0.493 e. The van der Waals surface area contributed by atoms with Crippen molar-refractivity contribution in [2.45, 2.75) is 20.3 Å². The molecule has 198 valence electrons. The summed E-state index contributed by atoms with van der Waals surface area (Å²) in [4.78, 5) is 18.8. The fraction of sp³-hybridized carbons (Fsp3) is 0.194. The molecule has 1 amide bonds. The normalized spacial score (nSPS) is 15.6. The number of nitrogens with zero attached hydrogens (tertiary/aromatic N) is 2. The molecule has 0 aliphatic carbocycles. The lowest BCUT2D eigenvalue weighted by Crippen LogP contribution is -2.38. The van der Waals surface area contributed by atoms with E-state index in [0.29, 0.717) is 42.9 Å². The highest BCUT2D eigenvalue weighted by molar-refractivity contribution is 8.17. The first-order chi connectivity index (χ1) is 19.0. The van der Waals surface area contributed by atoms with Crippen LogP contribution in [0.25, 0.3) is 11.8 Å². The third-order valence-electron chi connectivity index (χ3n) is 6.10. The number of amides is 1. The SMILES string of the molecule is CCOc1cc(C=C2C(=N)N3C(c4ccccc4)=CSC3=NC2=O)ccc1OCCCOc1ccc(C)cc1.